The first-order chi connectivity index (χ1) is 13.3. The minimum atomic E-state index is -3.85. The Morgan fingerprint density at radius 3 is 2.46 bits per heavy atom. The lowest BCUT2D eigenvalue weighted by molar-refractivity contribution is 0.0949. The molecule has 3 rings (SSSR count). The third kappa shape index (κ3) is 3.99. The van der Waals surface area contributed by atoms with Gasteiger partial charge in [0.25, 0.3) is 5.91 Å². The first-order valence-electron chi connectivity index (χ1n) is 8.68. The normalized spacial score (nSPS) is 12.5. The van der Waals surface area contributed by atoms with Crippen molar-refractivity contribution in [3.05, 3.63) is 89.1 Å². The minimum absolute atomic E-state index is 0.136. The van der Waals surface area contributed by atoms with Gasteiger partial charge in [0.05, 0.1) is 16.7 Å². The summed E-state index contributed by atoms with van der Waals surface area (Å²) < 4.78 is 45.6. The summed E-state index contributed by atoms with van der Waals surface area (Å²) in [4.78, 5) is 12.5. The zero-order valence-corrected chi connectivity index (χ0v) is 16.3. The van der Waals surface area contributed by atoms with Crippen LogP contribution in [0.4, 0.5) is 4.39 Å². The second-order valence-corrected chi connectivity index (χ2v) is 8.62. The second-order valence-electron chi connectivity index (χ2n) is 6.49. The molecule has 5 nitrogen and oxygen atoms in total. The molecule has 146 valence electrons. The fourth-order valence-electron chi connectivity index (χ4n) is 2.82. The van der Waals surface area contributed by atoms with Crippen LogP contribution in [0.15, 0.2) is 70.2 Å². The number of furan rings is 1. The number of rotatable bonds is 6. The van der Waals surface area contributed by atoms with Crippen molar-refractivity contribution in [2.45, 2.75) is 24.0 Å². The summed E-state index contributed by atoms with van der Waals surface area (Å²) in [5.41, 5.74) is 1.67. The average Bonchev–Trinajstić information content (AvgIpc) is 3.18. The van der Waals surface area contributed by atoms with E-state index in [9.17, 15) is 17.6 Å². The molecule has 2 aromatic carbocycles. The first-order valence-corrected chi connectivity index (χ1v) is 10.2. The van der Waals surface area contributed by atoms with Crippen molar-refractivity contribution in [1.29, 1.82) is 0 Å². The molecule has 1 amide bonds. The third-order valence-corrected chi connectivity index (χ3v) is 6.67. The molecule has 0 radical (unpaired) electrons. The quantitative estimate of drug-likeness (QED) is 0.678. The molecule has 0 aliphatic carbocycles. The lowest BCUT2D eigenvalue weighted by Crippen LogP contribution is -2.32. The van der Waals surface area contributed by atoms with Crippen LogP contribution in [-0.4, -0.2) is 20.9 Å². The van der Waals surface area contributed by atoms with Gasteiger partial charge in [0.15, 0.2) is 9.84 Å². The maximum Gasteiger partial charge on any atom is 0.254 e. The van der Waals surface area contributed by atoms with Gasteiger partial charge in [-0.05, 0) is 61.4 Å². The van der Waals surface area contributed by atoms with Gasteiger partial charge in [-0.15, -0.1) is 0 Å². The van der Waals surface area contributed by atoms with Gasteiger partial charge in [-0.1, -0.05) is 18.2 Å². The van der Waals surface area contributed by atoms with Crippen molar-refractivity contribution in [3.63, 3.8) is 0 Å². The molecule has 0 aliphatic rings. The second kappa shape index (κ2) is 7.98. The molecule has 0 spiro atoms. The summed E-state index contributed by atoms with van der Waals surface area (Å²) in [7, 11) is -3.85. The predicted octanol–water partition coefficient (Wildman–Crippen LogP) is 3.98. The average molecular weight is 401 g/mol. The zero-order chi connectivity index (χ0) is 20.3. The standard InChI is InChI=1S/C21H20FNO4S/c1-14-9-10-16(12-15(14)2)28(25,26)20(19-8-5-11-27-19)13-23-21(24)17-6-3-4-7-18(17)22/h3-12,20H,13H2,1-2H3,(H,23,24)/t20-/m0/s1. The fraction of sp³-hybridized carbons (Fsp3) is 0.190. The van der Waals surface area contributed by atoms with Gasteiger partial charge >= 0.3 is 0 Å². The monoisotopic (exact) mass is 401 g/mol. The van der Waals surface area contributed by atoms with Crippen molar-refractivity contribution < 1.29 is 22.0 Å². The molecule has 1 atom stereocenters. The van der Waals surface area contributed by atoms with Gasteiger partial charge in [-0.25, -0.2) is 12.8 Å². The molecule has 3 aromatic rings. The predicted molar refractivity (Wildman–Crippen MR) is 103 cm³/mol. The van der Waals surface area contributed by atoms with Crippen LogP contribution in [0.5, 0.6) is 0 Å². The van der Waals surface area contributed by atoms with Crippen LogP contribution < -0.4 is 5.32 Å². The Morgan fingerprint density at radius 1 is 1.07 bits per heavy atom. The largest absolute Gasteiger partial charge is 0.468 e. The molecular weight excluding hydrogens is 381 g/mol. The third-order valence-electron chi connectivity index (χ3n) is 4.61. The number of hydrogen-bond acceptors (Lipinski definition) is 4. The van der Waals surface area contributed by atoms with Crippen molar-refractivity contribution in [1.82, 2.24) is 5.32 Å². The molecule has 1 aromatic heterocycles. The number of halogens is 1. The van der Waals surface area contributed by atoms with E-state index in [1.165, 1.54) is 36.6 Å². The van der Waals surface area contributed by atoms with Crippen molar-refractivity contribution in [2.75, 3.05) is 6.54 Å². The van der Waals surface area contributed by atoms with E-state index < -0.39 is 26.8 Å². The highest BCUT2D eigenvalue weighted by atomic mass is 32.2. The Bertz CT molecular complexity index is 1090. The maximum atomic E-state index is 13.8. The van der Waals surface area contributed by atoms with Gasteiger partial charge in [0.2, 0.25) is 0 Å². The fourth-order valence-corrected chi connectivity index (χ4v) is 4.49. The van der Waals surface area contributed by atoms with Crippen LogP contribution in [0.25, 0.3) is 0 Å². The zero-order valence-electron chi connectivity index (χ0n) is 15.5. The summed E-state index contributed by atoms with van der Waals surface area (Å²) in [6, 6.07) is 13.5. The summed E-state index contributed by atoms with van der Waals surface area (Å²) >= 11 is 0. The molecule has 1 N–H and O–H groups in total. The molecule has 0 saturated carbocycles. The summed E-state index contributed by atoms with van der Waals surface area (Å²) in [6.07, 6.45) is 1.37. The van der Waals surface area contributed by atoms with E-state index in [4.69, 9.17) is 4.42 Å². The molecule has 0 saturated heterocycles. The number of carbonyl (C=O) groups excluding carboxylic acids is 1. The van der Waals surface area contributed by atoms with Crippen LogP contribution in [0.2, 0.25) is 0 Å². The number of sulfone groups is 1. The van der Waals surface area contributed by atoms with Crippen LogP contribution in [0.3, 0.4) is 0 Å². The van der Waals surface area contributed by atoms with Crippen molar-refractivity contribution in [2.24, 2.45) is 0 Å². The molecule has 1 heterocycles. The van der Waals surface area contributed by atoms with Gasteiger partial charge < -0.3 is 9.73 Å². The number of carbonyl (C=O) groups is 1. The Hall–Kier alpha value is -2.93. The van der Waals surface area contributed by atoms with E-state index in [0.717, 1.165) is 11.1 Å². The molecule has 7 heteroatoms. The van der Waals surface area contributed by atoms with E-state index in [-0.39, 0.29) is 22.8 Å². The summed E-state index contributed by atoms with van der Waals surface area (Å²) in [5.74, 6) is -1.16. The lowest BCUT2D eigenvalue weighted by Gasteiger charge is -2.17. The number of aryl methyl sites for hydroxylation is 2. The highest BCUT2D eigenvalue weighted by molar-refractivity contribution is 7.91. The van der Waals surface area contributed by atoms with E-state index in [2.05, 4.69) is 5.32 Å². The van der Waals surface area contributed by atoms with Gasteiger partial charge in [0, 0.05) is 6.54 Å². The maximum absolute atomic E-state index is 13.8. The Morgan fingerprint density at radius 2 is 1.82 bits per heavy atom. The topological polar surface area (TPSA) is 76.4 Å². The van der Waals surface area contributed by atoms with Crippen LogP contribution in [0, 0.1) is 19.7 Å². The molecule has 0 bridgehead atoms. The van der Waals surface area contributed by atoms with Crippen molar-refractivity contribution >= 4 is 15.7 Å². The first kappa shape index (κ1) is 19.8. The van der Waals surface area contributed by atoms with Gasteiger partial charge in [-0.3, -0.25) is 4.79 Å². The Labute approximate surface area is 163 Å². The summed E-state index contributed by atoms with van der Waals surface area (Å²) in [5, 5.41) is 1.37. The van der Waals surface area contributed by atoms with Crippen LogP contribution in [0.1, 0.15) is 32.5 Å². The van der Waals surface area contributed by atoms with Crippen LogP contribution >= 0.6 is 0 Å². The molecule has 0 aliphatic heterocycles. The molecule has 28 heavy (non-hydrogen) atoms. The van der Waals surface area contributed by atoms with E-state index in [1.807, 2.05) is 13.8 Å². The van der Waals surface area contributed by atoms with Gasteiger partial charge in [-0.2, -0.15) is 0 Å². The van der Waals surface area contributed by atoms with E-state index in [0.29, 0.717) is 0 Å². The van der Waals surface area contributed by atoms with E-state index in [1.54, 1.807) is 24.3 Å². The number of amides is 1. The number of hydrogen-bond donors (Lipinski definition) is 1. The molecule has 0 unspecified atom stereocenters. The SMILES string of the molecule is Cc1ccc(S(=O)(=O)[C@@H](CNC(=O)c2ccccc2F)c2ccco2)cc1C. The smallest absolute Gasteiger partial charge is 0.254 e. The summed E-state index contributed by atoms with van der Waals surface area (Å²) in [6.45, 7) is 3.47. The van der Waals surface area contributed by atoms with Crippen molar-refractivity contribution in [3.8, 4) is 0 Å². The van der Waals surface area contributed by atoms with Crippen LogP contribution in [-0.2, 0) is 9.84 Å². The number of nitrogens with one attached hydrogen (secondary N) is 1. The van der Waals surface area contributed by atoms with E-state index >= 15 is 0 Å². The lowest BCUT2D eigenvalue weighted by atomic mass is 10.1. The number of benzene rings is 2. The highest BCUT2D eigenvalue weighted by Gasteiger charge is 2.32. The molecular formula is C21H20FNO4S. The van der Waals surface area contributed by atoms with Gasteiger partial charge in [0.1, 0.15) is 16.8 Å². The molecule has 0 fully saturated rings. The Kier molecular flexibility index (Phi) is 5.65. The highest BCUT2D eigenvalue weighted by Crippen LogP contribution is 2.30. The minimum Gasteiger partial charge on any atom is -0.468 e. The Balaban J connectivity index is 1.91.